The average Bonchev–Trinajstić information content (AvgIpc) is 3.65. The van der Waals surface area contributed by atoms with Gasteiger partial charge in [-0.1, -0.05) is 129 Å². The Morgan fingerprint density at radius 3 is 2.25 bits per heavy atom. The molecule has 246 valence electrons. The zero-order chi connectivity index (χ0) is 35.0. The molecule has 0 N–H and O–H groups in total. The van der Waals surface area contributed by atoms with Crippen LogP contribution in [-0.4, -0.2) is 14.5 Å². The van der Waals surface area contributed by atoms with Crippen LogP contribution in [0.4, 0.5) is 0 Å². The molecule has 2 aliphatic carbocycles. The van der Waals surface area contributed by atoms with Gasteiger partial charge in [0.05, 0.1) is 22.4 Å². The van der Waals surface area contributed by atoms with Gasteiger partial charge in [-0.15, -0.1) is 0 Å². The molecule has 0 fully saturated rings. The summed E-state index contributed by atoms with van der Waals surface area (Å²) in [5.41, 5.74) is 13.2. The van der Waals surface area contributed by atoms with E-state index in [9.17, 15) is 5.26 Å². The monoisotopic (exact) mass is 666 g/mol. The molecule has 4 nitrogen and oxygen atoms in total. The molecule has 0 saturated carbocycles. The number of nitriles is 1. The summed E-state index contributed by atoms with van der Waals surface area (Å²) in [4.78, 5) is 10.2. The Morgan fingerprint density at radius 1 is 0.654 bits per heavy atom. The second kappa shape index (κ2) is 11.5. The number of benzene rings is 6. The summed E-state index contributed by atoms with van der Waals surface area (Å²) < 4.78 is 2.39. The van der Waals surface area contributed by atoms with Crippen molar-refractivity contribution < 1.29 is 0 Å². The molecule has 0 saturated heterocycles. The highest BCUT2D eigenvalue weighted by Crippen LogP contribution is 2.53. The van der Waals surface area contributed by atoms with Gasteiger partial charge in [-0.3, -0.25) is 0 Å². The van der Waals surface area contributed by atoms with Crippen molar-refractivity contribution in [2.75, 3.05) is 0 Å². The minimum Gasteiger partial charge on any atom is -0.309 e. The van der Waals surface area contributed by atoms with E-state index in [4.69, 9.17) is 9.97 Å². The molecule has 2 heterocycles. The summed E-state index contributed by atoms with van der Waals surface area (Å²) in [5.74, 6) is 0.597. The lowest BCUT2D eigenvalue weighted by Gasteiger charge is -2.22. The van der Waals surface area contributed by atoms with Crippen LogP contribution in [0.2, 0.25) is 0 Å². The molecule has 0 aliphatic heterocycles. The number of para-hydroxylation sites is 1. The molecule has 0 atom stereocenters. The van der Waals surface area contributed by atoms with E-state index >= 15 is 0 Å². The van der Waals surface area contributed by atoms with E-state index in [1.54, 1.807) is 0 Å². The van der Waals surface area contributed by atoms with Gasteiger partial charge in [0.15, 0.2) is 5.82 Å². The van der Waals surface area contributed by atoms with E-state index < -0.39 is 0 Å². The largest absolute Gasteiger partial charge is 0.309 e. The highest BCUT2D eigenvalue weighted by Gasteiger charge is 2.37. The predicted molar refractivity (Wildman–Crippen MR) is 213 cm³/mol. The van der Waals surface area contributed by atoms with Crippen molar-refractivity contribution in [3.8, 4) is 45.5 Å². The second-order valence-corrected chi connectivity index (χ2v) is 14.4. The fourth-order valence-corrected chi connectivity index (χ4v) is 8.53. The summed E-state index contributed by atoms with van der Waals surface area (Å²) in [6.07, 6.45) is 8.32. The summed E-state index contributed by atoms with van der Waals surface area (Å²) in [6, 6.07) is 47.9. The molecule has 0 spiro atoms. The summed E-state index contributed by atoms with van der Waals surface area (Å²) in [6.45, 7) is 4.71. The van der Waals surface area contributed by atoms with E-state index in [0.29, 0.717) is 22.8 Å². The first-order valence-electron chi connectivity index (χ1n) is 18.0. The first-order valence-corrected chi connectivity index (χ1v) is 18.0. The zero-order valence-corrected chi connectivity index (χ0v) is 29.1. The minimum absolute atomic E-state index is 0.158. The van der Waals surface area contributed by atoms with Crippen LogP contribution in [0.25, 0.3) is 77.6 Å². The number of fused-ring (bicyclic) bond motifs is 8. The lowest BCUT2D eigenvalue weighted by Crippen LogP contribution is -2.15. The smallest absolute Gasteiger partial charge is 0.160 e. The number of nitrogens with zero attached hydrogens (tertiary/aromatic N) is 4. The first-order chi connectivity index (χ1) is 25.5. The molecule has 4 heteroatoms. The van der Waals surface area contributed by atoms with Gasteiger partial charge < -0.3 is 4.57 Å². The Bertz CT molecular complexity index is 2880. The lowest BCUT2D eigenvalue weighted by molar-refractivity contribution is 0.661. The third-order valence-corrected chi connectivity index (χ3v) is 11.1. The maximum atomic E-state index is 10.5. The van der Waals surface area contributed by atoms with Crippen LogP contribution < -0.4 is 0 Å². The molecule has 0 bridgehead atoms. The van der Waals surface area contributed by atoms with Gasteiger partial charge in [0.2, 0.25) is 0 Å². The van der Waals surface area contributed by atoms with Crippen molar-refractivity contribution in [3.05, 3.63) is 168 Å². The SMILES string of the molecule is CC1(C)c2cc3c(cc2-c2c1ccc1ccccc21)c1ccccc1n3-c1cccc(-c2nc(C3=CCCC=C3)c(C#N)c(-c3ccccc3)n2)c1. The number of aromatic nitrogens is 3. The van der Waals surface area contributed by atoms with Crippen molar-refractivity contribution in [2.45, 2.75) is 32.1 Å². The molecule has 52 heavy (non-hydrogen) atoms. The molecule has 8 aromatic rings. The third kappa shape index (κ3) is 4.46. The van der Waals surface area contributed by atoms with Gasteiger partial charge in [-0.25, -0.2) is 9.97 Å². The van der Waals surface area contributed by atoms with Gasteiger partial charge in [0.25, 0.3) is 0 Å². The van der Waals surface area contributed by atoms with E-state index in [2.05, 4.69) is 140 Å². The number of allylic oxidation sites excluding steroid dienone is 4. The molecule has 10 rings (SSSR count). The van der Waals surface area contributed by atoms with Crippen LogP contribution in [0.5, 0.6) is 0 Å². The number of rotatable bonds is 4. The van der Waals surface area contributed by atoms with Gasteiger partial charge in [-0.05, 0) is 81.8 Å². The summed E-state index contributed by atoms with van der Waals surface area (Å²) in [7, 11) is 0. The van der Waals surface area contributed by atoms with Gasteiger partial charge in [0.1, 0.15) is 11.6 Å². The molecule has 6 aromatic carbocycles. The van der Waals surface area contributed by atoms with Crippen LogP contribution >= 0.6 is 0 Å². The van der Waals surface area contributed by atoms with E-state index in [0.717, 1.165) is 40.7 Å². The predicted octanol–water partition coefficient (Wildman–Crippen LogP) is 12.0. The van der Waals surface area contributed by atoms with Crippen molar-refractivity contribution in [2.24, 2.45) is 0 Å². The standard InChI is InChI=1S/C48H34N4/c1-48(2)40-25-24-30-14-9-10-21-35(30)44(40)38-27-37-36-22-11-12-23-42(36)52(43(37)28-41(38)48)34-20-13-19-33(26-34)47-50-45(31-15-5-3-6-16-31)39(29-49)46(51-47)32-17-7-4-8-18-32/h3,5-7,9-28H,4,8H2,1-2H3. The quantitative estimate of drug-likeness (QED) is 0.188. The fourth-order valence-electron chi connectivity index (χ4n) is 8.53. The van der Waals surface area contributed by atoms with Crippen molar-refractivity contribution in [1.29, 1.82) is 5.26 Å². The van der Waals surface area contributed by atoms with Gasteiger partial charge >= 0.3 is 0 Å². The molecular weight excluding hydrogens is 633 g/mol. The Balaban J connectivity index is 1.20. The van der Waals surface area contributed by atoms with Gasteiger partial charge in [-0.2, -0.15) is 5.26 Å². The van der Waals surface area contributed by atoms with Crippen molar-refractivity contribution >= 4 is 38.2 Å². The zero-order valence-electron chi connectivity index (χ0n) is 29.1. The topological polar surface area (TPSA) is 54.5 Å². The van der Waals surface area contributed by atoms with Crippen LogP contribution in [0.15, 0.2) is 146 Å². The highest BCUT2D eigenvalue weighted by atomic mass is 15.0. The van der Waals surface area contributed by atoms with Crippen LogP contribution in [0.1, 0.15) is 49.1 Å². The average molecular weight is 667 g/mol. The molecule has 0 radical (unpaired) electrons. The maximum Gasteiger partial charge on any atom is 0.160 e. The highest BCUT2D eigenvalue weighted by molar-refractivity contribution is 6.13. The van der Waals surface area contributed by atoms with Crippen molar-refractivity contribution in [3.63, 3.8) is 0 Å². The van der Waals surface area contributed by atoms with Crippen molar-refractivity contribution in [1.82, 2.24) is 14.5 Å². The number of hydrogen-bond donors (Lipinski definition) is 0. The fraction of sp³-hybridized carbons (Fsp3) is 0.104. The molecule has 0 amide bonds. The Kier molecular flexibility index (Phi) is 6.68. The van der Waals surface area contributed by atoms with Crippen LogP contribution in [0, 0.1) is 11.3 Å². The van der Waals surface area contributed by atoms with E-state index in [1.165, 1.54) is 49.3 Å². The number of hydrogen-bond acceptors (Lipinski definition) is 3. The van der Waals surface area contributed by atoms with Crippen LogP contribution in [-0.2, 0) is 5.41 Å². The summed E-state index contributed by atoms with van der Waals surface area (Å²) >= 11 is 0. The molecule has 2 aliphatic rings. The first kappa shape index (κ1) is 30.3. The van der Waals surface area contributed by atoms with E-state index in [1.807, 2.05) is 30.3 Å². The van der Waals surface area contributed by atoms with Crippen LogP contribution in [0.3, 0.4) is 0 Å². The van der Waals surface area contributed by atoms with E-state index in [-0.39, 0.29) is 5.41 Å². The molecular formula is C48H34N4. The van der Waals surface area contributed by atoms with Gasteiger partial charge in [0, 0.05) is 33.0 Å². The Morgan fingerprint density at radius 2 is 1.42 bits per heavy atom. The Hall–Kier alpha value is -6.57. The Labute approximate surface area is 302 Å². The molecule has 0 unspecified atom stereocenters. The molecule has 2 aromatic heterocycles. The summed E-state index contributed by atoms with van der Waals surface area (Å²) in [5, 5.41) is 15.5. The lowest BCUT2D eigenvalue weighted by atomic mass is 9.82. The minimum atomic E-state index is -0.158. The normalized spacial score (nSPS) is 14.4. The maximum absolute atomic E-state index is 10.5. The second-order valence-electron chi connectivity index (χ2n) is 14.4. The third-order valence-electron chi connectivity index (χ3n) is 11.1.